The summed E-state index contributed by atoms with van der Waals surface area (Å²) < 4.78 is 5.14. The second-order valence-electron chi connectivity index (χ2n) is 4.82. The molecular formula is C17H14N2O3. The van der Waals surface area contributed by atoms with Crippen molar-refractivity contribution < 1.29 is 9.66 Å². The molecule has 0 aliphatic rings. The molecule has 3 rings (SSSR count). The van der Waals surface area contributed by atoms with Gasteiger partial charge in [0.15, 0.2) is 0 Å². The van der Waals surface area contributed by atoms with E-state index in [1.165, 1.54) is 12.1 Å². The molecule has 0 aliphatic heterocycles. The van der Waals surface area contributed by atoms with Crippen LogP contribution in [0.4, 0.5) is 5.69 Å². The average Bonchev–Trinajstić information content (AvgIpc) is 3.05. The lowest BCUT2D eigenvalue weighted by atomic mass is 10.1. The number of H-pyrrole nitrogens is 1. The summed E-state index contributed by atoms with van der Waals surface area (Å²) in [6, 6.07) is 18.2. The Morgan fingerprint density at radius 1 is 0.864 bits per heavy atom. The number of nitro groups is 1. The zero-order valence-corrected chi connectivity index (χ0v) is 11.9. The Kier molecular flexibility index (Phi) is 3.62. The minimum absolute atomic E-state index is 0.0886. The van der Waals surface area contributed by atoms with E-state index < -0.39 is 4.92 Å². The SMILES string of the molecule is COc1ccc(-c2ccc(-c3ccc([N+](=O)[O-])cc3)[nH]2)cc1. The van der Waals surface area contributed by atoms with Crippen molar-refractivity contribution in [2.75, 3.05) is 7.11 Å². The van der Waals surface area contributed by atoms with Gasteiger partial charge in [0, 0.05) is 23.5 Å². The second-order valence-corrected chi connectivity index (χ2v) is 4.82. The van der Waals surface area contributed by atoms with Gasteiger partial charge in [-0.15, -0.1) is 0 Å². The maximum atomic E-state index is 10.7. The van der Waals surface area contributed by atoms with Gasteiger partial charge < -0.3 is 9.72 Å². The molecule has 1 heterocycles. The molecule has 5 heteroatoms. The lowest BCUT2D eigenvalue weighted by molar-refractivity contribution is -0.384. The van der Waals surface area contributed by atoms with E-state index >= 15 is 0 Å². The molecular weight excluding hydrogens is 280 g/mol. The molecule has 0 amide bonds. The number of ether oxygens (including phenoxy) is 1. The number of hydrogen-bond donors (Lipinski definition) is 1. The average molecular weight is 294 g/mol. The number of nitrogens with zero attached hydrogens (tertiary/aromatic N) is 1. The predicted octanol–water partition coefficient (Wildman–Crippen LogP) is 4.27. The Labute approximate surface area is 127 Å². The van der Waals surface area contributed by atoms with Crippen molar-refractivity contribution in [3.63, 3.8) is 0 Å². The first-order valence-electron chi connectivity index (χ1n) is 6.75. The van der Waals surface area contributed by atoms with Gasteiger partial charge in [-0.1, -0.05) is 0 Å². The van der Waals surface area contributed by atoms with Gasteiger partial charge in [0.25, 0.3) is 5.69 Å². The molecule has 0 unspecified atom stereocenters. The summed E-state index contributed by atoms with van der Waals surface area (Å²) in [4.78, 5) is 13.6. The molecule has 0 radical (unpaired) electrons. The quantitative estimate of drug-likeness (QED) is 0.577. The van der Waals surface area contributed by atoms with Crippen molar-refractivity contribution >= 4 is 5.69 Å². The predicted molar refractivity (Wildman–Crippen MR) is 84.9 cm³/mol. The summed E-state index contributed by atoms with van der Waals surface area (Å²) >= 11 is 0. The molecule has 110 valence electrons. The Balaban J connectivity index is 1.87. The van der Waals surface area contributed by atoms with Crippen LogP contribution in [0.5, 0.6) is 5.75 Å². The van der Waals surface area contributed by atoms with Crippen LogP contribution in [0.15, 0.2) is 60.7 Å². The molecule has 0 spiro atoms. The summed E-state index contributed by atoms with van der Waals surface area (Å²) in [5.41, 5.74) is 3.95. The first-order chi connectivity index (χ1) is 10.7. The number of non-ortho nitro benzene ring substituents is 1. The van der Waals surface area contributed by atoms with Gasteiger partial charge in [-0.05, 0) is 59.7 Å². The number of rotatable bonds is 4. The van der Waals surface area contributed by atoms with Crippen molar-refractivity contribution in [1.82, 2.24) is 4.98 Å². The van der Waals surface area contributed by atoms with Crippen LogP contribution in [0, 0.1) is 10.1 Å². The fourth-order valence-corrected chi connectivity index (χ4v) is 2.27. The smallest absolute Gasteiger partial charge is 0.269 e. The van der Waals surface area contributed by atoms with Crippen LogP contribution in [-0.2, 0) is 0 Å². The van der Waals surface area contributed by atoms with Gasteiger partial charge in [-0.3, -0.25) is 10.1 Å². The molecule has 0 saturated heterocycles. The first-order valence-corrected chi connectivity index (χ1v) is 6.75. The number of aromatic amines is 1. The Morgan fingerprint density at radius 3 is 1.82 bits per heavy atom. The van der Waals surface area contributed by atoms with E-state index in [9.17, 15) is 10.1 Å². The standard InChI is InChI=1S/C17H14N2O3/c1-22-15-8-4-13(5-9-15)17-11-10-16(18-17)12-2-6-14(7-3-12)19(20)21/h2-11,18H,1H3. The fraction of sp³-hybridized carbons (Fsp3) is 0.0588. The third-order valence-corrected chi connectivity index (χ3v) is 3.48. The summed E-state index contributed by atoms with van der Waals surface area (Å²) in [6.07, 6.45) is 0. The highest BCUT2D eigenvalue weighted by atomic mass is 16.6. The van der Waals surface area contributed by atoms with Crippen LogP contribution in [0.3, 0.4) is 0 Å². The van der Waals surface area contributed by atoms with Gasteiger partial charge in [0.2, 0.25) is 0 Å². The minimum Gasteiger partial charge on any atom is -0.497 e. The van der Waals surface area contributed by atoms with Gasteiger partial charge in [-0.2, -0.15) is 0 Å². The zero-order valence-electron chi connectivity index (χ0n) is 11.9. The molecule has 0 aliphatic carbocycles. The molecule has 0 bridgehead atoms. The lowest BCUT2D eigenvalue weighted by Crippen LogP contribution is -1.87. The van der Waals surface area contributed by atoms with Crippen molar-refractivity contribution in [3.05, 3.63) is 70.8 Å². The second kappa shape index (κ2) is 5.73. The van der Waals surface area contributed by atoms with Crippen LogP contribution in [0.2, 0.25) is 0 Å². The summed E-state index contributed by atoms with van der Waals surface area (Å²) in [7, 11) is 1.64. The fourth-order valence-electron chi connectivity index (χ4n) is 2.27. The highest BCUT2D eigenvalue weighted by Crippen LogP contribution is 2.27. The van der Waals surface area contributed by atoms with Crippen molar-refractivity contribution in [2.24, 2.45) is 0 Å². The van der Waals surface area contributed by atoms with E-state index in [0.717, 1.165) is 28.3 Å². The van der Waals surface area contributed by atoms with Gasteiger partial charge in [0.05, 0.1) is 12.0 Å². The van der Waals surface area contributed by atoms with E-state index in [2.05, 4.69) is 4.98 Å². The monoisotopic (exact) mass is 294 g/mol. The molecule has 22 heavy (non-hydrogen) atoms. The maximum absolute atomic E-state index is 10.7. The third-order valence-electron chi connectivity index (χ3n) is 3.48. The first kappa shape index (κ1) is 13.9. The molecule has 1 aromatic heterocycles. The van der Waals surface area contributed by atoms with E-state index in [4.69, 9.17) is 4.74 Å². The number of benzene rings is 2. The molecule has 1 N–H and O–H groups in total. The van der Waals surface area contributed by atoms with Gasteiger partial charge in [-0.25, -0.2) is 0 Å². The summed E-state index contributed by atoms with van der Waals surface area (Å²) in [5.74, 6) is 0.811. The Hall–Kier alpha value is -3.08. The van der Waals surface area contributed by atoms with Crippen LogP contribution in [0.25, 0.3) is 22.5 Å². The van der Waals surface area contributed by atoms with Crippen molar-refractivity contribution in [2.45, 2.75) is 0 Å². The highest BCUT2D eigenvalue weighted by Gasteiger charge is 2.07. The topological polar surface area (TPSA) is 68.2 Å². The Bertz CT molecular complexity index is 790. The number of methoxy groups -OCH3 is 1. The molecule has 0 fully saturated rings. The molecule has 2 aromatic carbocycles. The van der Waals surface area contributed by atoms with Crippen LogP contribution >= 0.6 is 0 Å². The normalized spacial score (nSPS) is 10.4. The number of aromatic nitrogens is 1. The van der Waals surface area contributed by atoms with Crippen molar-refractivity contribution in [1.29, 1.82) is 0 Å². The van der Waals surface area contributed by atoms with Gasteiger partial charge >= 0.3 is 0 Å². The number of nitro benzene ring substituents is 1. The summed E-state index contributed by atoms with van der Waals surface area (Å²) in [6.45, 7) is 0. The van der Waals surface area contributed by atoms with E-state index in [1.54, 1.807) is 19.2 Å². The van der Waals surface area contributed by atoms with Gasteiger partial charge in [0.1, 0.15) is 5.75 Å². The van der Waals surface area contributed by atoms with E-state index in [0.29, 0.717) is 0 Å². The number of nitrogens with one attached hydrogen (secondary N) is 1. The van der Waals surface area contributed by atoms with E-state index in [1.807, 2.05) is 36.4 Å². The van der Waals surface area contributed by atoms with Crippen LogP contribution < -0.4 is 4.74 Å². The maximum Gasteiger partial charge on any atom is 0.269 e. The van der Waals surface area contributed by atoms with Crippen LogP contribution in [0.1, 0.15) is 0 Å². The largest absolute Gasteiger partial charge is 0.497 e. The highest BCUT2D eigenvalue weighted by molar-refractivity contribution is 5.69. The summed E-state index contributed by atoms with van der Waals surface area (Å²) in [5, 5.41) is 10.7. The minimum atomic E-state index is -0.402. The molecule has 0 saturated carbocycles. The Morgan fingerprint density at radius 2 is 1.36 bits per heavy atom. The molecule has 3 aromatic rings. The zero-order chi connectivity index (χ0) is 15.5. The lowest BCUT2D eigenvalue weighted by Gasteiger charge is -2.02. The van der Waals surface area contributed by atoms with Crippen LogP contribution in [-0.4, -0.2) is 17.0 Å². The third kappa shape index (κ3) is 2.69. The molecule has 0 atom stereocenters. The number of hydrogen-bond acceptors (Lipinski definition) is 3. The van der Waals surface area contributed by atoms with Crippen molar-refractivity contribution in [3.8, 4) is 28.3 Å². The van der Waals surface area contributed by atoms with E-state index in [-0.39, 0.29) is 5.69 Å². The molecule has 5 nitrogen and oxygen atoms in total.